The van der Waals surface area contributed by atoms with Crippen LogP contribution in [0, 0.1) is 0 Å². The number of amides is 1. The predicted molar refractivity (Wildman–Crippen MR) is 104 cm³/mol. The first-order chi connectivity index (χ1) is 15.7. The zero-order valence-electron chi connectivity index (χ0n) is 20.3. The van der Waals surface area contributed by atoms with E-state index < -0.39 is 24.2 Å². The van der Waals surface area contributed by atoms with Crippen LogP contribution in [-0.2, 0) is 0 Å². The molecule has 0 aliphatic carbocycles. The summed E-state index contributed by atoms with van der Waals surface area (Å²) in [7, 11) is 2.74. The first-order valence-corrected chi connectivity index (χ1v) is 8.48. The van der Waals surface area contributed by atoms with Gasteiger partial charge in [0.05, 0.1) is 31.5 Å². The van der Waals surface area contributed by atoms with Crippen molar-refractivity contribution in [3.63, 3.8) is 0 Å². The van der Waals surface area contributed by atoms with Crippen LogP contribution in [0.3, 0.4) is 0 Å². The number of carbonyl (C=O) groups is 1. The van der Waals surface area contributed by atoms with E-state index in [2.05, 4.69) is 9.97 Å². The maximum absolute atomic E-state index is 12.7. The predicted octanol–water partition coefficient (Wildman–Crippen LogP) is 1.78. The highest BCUT2D eigenvalue weighted by Crippen LogP contribution is 2.34. The van der Waals surface area contributed by atoms with E-state index in [0.717, 1.165) is 0 Å². The van der Waals surface area contributed by atoms with Gasteiger partial charge in [-0.1, -0.05) is 0 Å². The number of rotatable bonds is 4. The molecule has 2 aromatic heterocycles. The van der Waals surface area contributed by atoms with Gasteiger partial charge >= 0.3 is 0 Å². The smallest absolute Gasteiger partial charge is 0.289 e. The number of nitrogen functional groups attached to an aromatic ring is 1. The monoisotopic (exact) mass is 388 g/mol. The molecule has 28 heavy (non-hydrogen) atoms. The Morgan fingerprint density at radius 1 is 1.18 bits per heavy atom. The molecule has 0 atom stereocenters. The Morgan fingerprint density at radius 3 is 2.54 bits per heavy atom. The normalized spacial score (nSPS) is 16.9. The summed E-state index contributed by atoms with van der Waals surface area (Å²) in [4.78, 5) is 24.7. The quantitative estimate of drug-likeness (QED) is 0.721. The number of nitrogens with two attached hydrogens (primary N) is 1. The Morgan fingerprint density at radius 2 is 1.89 bits per heavy atom. The number of fused-ring (bicyclic) bond motifs is 1. The van der Waals surface area contributed by atoms with Crippen molar-refractivity contribution < 1.29 is 25.5 Å². The van der Waals surface area contributed by atoms with Gasteiger partial charge in [-0.05, 0) is 18.1 Å². The van der Waals surface area contributed by atoms with Gasteiger partial charge in [0, 0.05) is 37.6 Å². The molecular formula is C19H21N5O4. The molecule has 1 aromatic carbocycles. The van der Waals surface area contributed by atoms with Crippen molar-refractivity contribution >= 4 is 28.6 Å². The highest BCUT2D eigenvalue weighted by Gasteiger charge is 2.25. The lowest BCUT2D eigenvalue weighted by Gasteiger charge is -2.34. The molecule has 9 heteroatoms. The highest BCUT2D eigenvalue weighted by atomic mass is 16.5. The number of aromatic nitrogens is 2. The van der Waals surface area contributed by atoms with Crippen molar-refractivity contribution in [3.05, 3.63) is 36.2 Å². The summed E-state index contributed by atoms with van der Waals surface area (Å²) in [6.07, 6.45) is -0.519. The molecule has 146 valence electrons. The molecule has 0 bridgehead atoms. The molecule has 0 radical (unpaired) electrons. The van der Waals surface area contributed by atoms with Gasteiger partial charge in [-0.25, -0.2) is 4.98 Å². The third-order valence-electron chi connectivity index (χ3n) is 4.43. The second-order valence-corrected chi connectivity index (χ2v) is 6.01. The van der Waals surface area contributed by atoms with E-state index in [4.69, 9.17) is 26.5 Å². The molecule has 9 nitrogen and oxygen atoms in total. The number of nitrogens with zero attached hydrogens (tertiary/aromatic N) is 4. The summed E-state index contributed by atoms with van der Waals surface area (Å²) in [5, 5.41) is 0.188. The summed E-state index contributed by atoms with van der Waals surface area (Å²) >= 11 is 0. The highest BCUT2D eigenvalue weighted by molar-refractivity contribution is 5.92. The number of piperazine rings is 1. The number of carbonyl (C=O) groups excluding carboxylic acids is 1. The Balaban J connectivity index is 1.61. The molecule has 3 heterocycles. The number of anilines is 2. The van der Waals surface area contributed by atoms with Gasteiger partial charge in [-0.15, -0.1) is 0 Å². The van der Waals surface area contributed by atoms with Crippen molar-refractivity contribution in [1.29, 1.82) is 0 Å². The zero-order valence-corrected chi connectivity index (χ0v) is 15.3. The van der Waals surface area contributed by atoms with E-state index in [1.807, 2.05) is 0 Å². The number of furan rings is 1. The van der Waals surface area contributed by atoms with Crippen LogP contribution in [-0.4, -0.2) is 61.2 Å². The van der Waals surface area contributed by atoms with Gasteiger partial charge in [0.15, 0.2) is 17.3 Å². The Kier molecular flexibility index (Phi) is 3.32. The van der Waals surface area contributed by atoms with Crippen molar-refractivity contribution in [2.24, 2.45) is 0 Å². The van der Waals surface area contributed by atoms with Crippen molar-refractivity contribution in [3.8, 4) is 11.5 Å². The van der Waals surface area contributed by atoms with E-state index in [9.17, 15) is 4.79 Å². The molecule has 0 saturated carbocycles. The molecule has 2 N–H and O–H groups in total. The minimum Gasteiger partial charge on any atom is -0.493 e. The molecule has 1 saturated heterocycles. The summed E-state index contributed by atoms with van der Waals surface area (Å²) in [5.74, 6) is -0.478. The third kappa shape index (κ3) is 3.15. The van der Waals surface area contributed by atoms with Crippen LogP contribution in [0.4, 0.5) is 11.8 Å². The molecule has 4 rings (SSSR count). The number of benzene rings is 1. The van der Waals surface area contributed by atoms with Gasteiger partial charge in [0.2, 0.25) is 5.95 Å². The third-order valence-corrected chi connectivity index (χ3v) is 4.43. The Hall–Kier alpha value is -3.49. The zero-order chi connectivity index (χ0) is 24.0. The van der Waals surface area contributed by atoms with E-state index in [0.29, 0.717) is 13.1 Å². The van der Waals surface area contributed by atoms with Crippen LogP contribution >= 0.6 is 0 Å². The van der Waals surface area contributed by atoms with E-state index in [1.54, 1.807) is 4.90 Å². The van der Waals surface area contributed by atoms with Crippen LogP contribution in [0.5, 0.6) is 11.5 Å². The average Bonchev–Trinajstić information content (AvgIpc) is 3.07. The minimum atomic E-state index is -0.560. The fourth-order valence-corrected chi connectivity index (χ4v) is 2.98. The lowest BCUT2D eigenvalue weighted by atomic mass is 10.2. The second-order valence-electron chi connectivity index (χ2n) is 6.01. The van der Waals surface area contributed by atoms with Crippen molar-refractivity contribution in [2.75, 3.05) is 51.0 Å². The lowest BCUT2D eigenvalue weighted by Crippen LogP contribution is -2.49. The van der Waals surface area contributed by atoms with E-state index >= 15 is 0 Å². The lowest BCUT2D eigenvalue weighted by molar-refractivity contribution is 0.0714. The number of methoxy groups -OCH3 is 2. The molecule has 1 amide bonds. The molecule has 1 aliphatic heterocycles. The molecule has 0 unspecified atom stereocenters. The van der Waals surface area contributed by atoms with Crippen LogP contribution in [0.25, 0.3) is 10.9 Å². The largest absolute Gasteiger partial charge is 0.493 e. The van der Waals surface area contributed by atoms with Gasteiger partial charge < -0.3 is 29.4 Å². The first kappa shape index (κ1) is 12.8. The fourth-order valence-electron chi connectivity index (χ4n) is 2.98. The Bertz CT molecular complexity index is 1260. The standard InChI is InChI=1S/C19H21N5O4/c1-26-15-10-12-13(11-16(15)27-2)21-19(22-17(12)20)24-7-5-23(6-8-24)18(25)14-4-3-9-28-14/h3-4,9-11H,5-8H2,1-2H3,(H2,20,21,22)/i3D,4D,9D,10D,11D. The number of ether oxygens (including phenoxy) is 2. The molecular weight excluding hydrogens is 362 g/mol. The second kappa shape index (κ2) is 7.26. The van der Waals surface area contributed by atoms with Gasteiger partial charge in [-0.3, -0.25) is 4.79 Å². The maximum Gasteiger partial charge on any atom is 0.289 e. The first-order valence-electron chi connectivity index (χ1n) is 11.0. The van der Waals surface area contributed by atoms with Crippen molar-refractivity contribution in [2.45, 2.75) is 0 Å². The average molecular weight is 388 g/mol. The van der Waals surface area contributed by atoms with E-state index in [-0.39, 0.29) is 65.1 Å². The fraction of sp³-hybridized carbons (Fsp3) is 0.316. The molecule has 3 aromatic rings. The number of hydrogen-bond acceptors (Lipinski definition) is 8. The SMILES string of the molecule is [2H]c1oc(C(=O)N2CCN(c3nc(N)c4c([2H])c(OC)c(OC)c([2H])c4n3)CC2)c([2H])c1[2H]. The van der Waals surface area contributed by atoms with Crippen LogP contribution in [0.1, 0.15) is 17.4 Å². The summed E-state index contributed by atoms with van der Waals surface area (Å²) < 4.78 is 55.1. The van der Waals surface area contributed by atoms with Crippen LogP contribution < -0.4 is 20.1 Å². The maximum atomic E-state index is 12.7. The molecule has 0 spiro atoms. The minimum absolute atomic E-state index is 0.0216. The van der Waals surface area contributed by atoms with Crippen LogP contribution in [0.2, 0.25) is 0 Å². The van der Waals surface area contributed by atoms with Gasteiger partial charge in [0.25, 0.3) is 5.91 Å². The Labute approximate surface area is 168 Å². The van der Waals surface area contributed by atoms with Gasteiger partial charge in [0.1, 0.15) is 7.19 Å². The molecule has 1 aliphatic rings. The van der Waals surface area contributed by atoms with E-state index in [1.165, 1.54) is 19.1 Å². The van der Waals surface area contributed by atoms with Gasteiger partial charge in [-0.2, -0.15) is 4.98 Å². The number of hydrogen-bond donors (Lipinski definition) is 1. The van der Waals surface area contributed by atoms with Crippen molar-refractivity contribution in [1.82, 2.24) is 14.9 Å². The summed E-state index contributed by atoms with van der Waals surface area (Å²) in [6.45, 7) is 1.18. The molecule has 1 fully saturated rings. The summed E-state index contributed by atoms with van der Waals surface area (Å²) in [5.41, 5.74) is 6.27. The topological polar surface area (TPSA) is 107 Å². The van der Waals surface area contributed by atoms with Crippen LogP contribution in [0.15, 0.2) is 34.8 Å². The summed E-state index contributed by atoms with van der Waals surface area (Å²) in [6, 6.07) is -0.990.